The van der Waals surface area contributed by atoms with Gasteiger partial charge in [0.2, 0.25) is 5.91 Å². The van der Waals surface area contributed by atoms with Crippen LogP contribution >= 0.6 is 0 Å². The van der Waals surface area contributed by atoms with Crippen molar-refractivity contribution in [3.63, 3.8) is 0 Å². The molecule has 0 radical (unpaired) electrons. The van der Waals surface area contributed by atoms with Crippen molar-refractivity contribution in [3.05, 3.63) is 24.1 Å². The Bertz CT molecular complexity index is 631. The summed E-state index contributed by atoms with van der Waals surface area (Å²) in [5.41, 5.74) is 8.08. The average molecular weight is 273 g/mol. The number of carbonyl (C=O) groups excluding carboxylic acids is 1. The number of hydrogen-bond donors (Lipinski definition) is 2. The monoisotopic (exact) mass is 273 g/mol. The van der Waals surface area contributed by atoms with E-state index in [-0.39, 0.29) is 11.9 Å². The second kappa shape index (κ2) is 5.25. The fourth-order valence-electron chi connectivity index (χ4n) is 2.12. The van der Waals surface area contributed by atoms with Crippen LogP contribution in [0.4, 0.5) is 5.69 Å². The molecule has 0 aliphatic heterocycles. The van der Waals surface area contributed by atoms with Crippen LogP contribution in [-0.4, -0.2) is 16.9 Å². The van der Waals surface area contributed by atoms with Gasteiger partial charge in [0.25, 0.3) is 0 Å². The van der Waals surface area contributed by atoms with Crippen molar-refractivity contribution in [2.75, 3.05) is 5.32 Å². The average Bonchev–Trinajstić information content (AvgIpc) is 3.18. The smallest absolute Gasteiger partial charge is 0.225 e. The molecule has 20 heavy (non-hydrogen) atoms. The lowest BCUT2D eigenvalue weighted by Gasteiger charge is -2.09. The Kier molecular flexibility index (Phi) is 3.44. The number of benzene rings is 1. The molecule has 1 unspecified atom stereocenters. The first-order valence-electron chi connectivity index (χ1n) is 7.11. The summed E-state index contributed by atoms with van der Waals surface area (Å²) >= 11 is 0. The van der Waals surface area contributed by atoms with E-state index < -0.39 is 0 Å². The molecule has 1 amide bonds. The summed E-state index contributed by atoms with van der Waals surface area (Å²) in [7, 11) is 0. The van der Waals surface area contributed by atoms with Gasteiger partial charge in [-0.25, -0.2) is 4.98 Å². The lowest BCUT2D eigenvalue weighted by molar-refractivity contribution is -0.116. The van der Waals surface area contributed by atoms with Crippen LogP contribution in [0.25, 0.3) is 11.1 Å². The molecule has 5 heteroatoms. The third kappa shape index (κ3) is 2.82. The lowest BCUT2D eigenvalue weighted by Crippen LogP contribution is -2.26. The maximum absolute atomic E-state index is 11.8. The van der Waals surface area contributed by atoms with Crippen LogP contribution in [0.15, 0.2) is 22.6 Å². The standard InChI is InChI=1S/C15H19N3O2/c1-2-10(16)7-14(19)17-11-5-6-13-12(8-11)18-15(20-13)9-3-4-9/h5-6,8-10H,2-4,7,16H2,1H3,(H,17,19). The number of nitrogens with one attached hydrogen (secondary N) is 1. The van der Waals surface area contributed by atoms with Crippen LogP contribution in [0.3, 0.4) is 0 Å². The SMILES string of the molecule is CCC(N)CC(=O)Nc1ccc2oc(C3CC3)nc2c1. The summed E-state index contributed by atoms with van der Waals surface area (Å²) in [5, 5.41) is 2.85. The van der Waals surface area contributed by atoms with Crippen LogP contribution in [0.1, 0.15) is 44.4 Å². The molecule has 0 spiro atoms. The Hall–Kier alpha value is -1.88. The largest absolute Gasteiger partial charge is 0.440 e. The Morgan fingerprint density at radius 1 is 1.55 bits per heavy atom. The van der Waals surface area contributed by atoms with E-state index in [4.69, 9.17) is 10.2 Å². The Balaban J connectivity index is 1.73. The fourth-order valence-corrected chi connectivity index (χ4v) is 2.12. The molecule has 0 saturated heterocycles. The molecular formula is C15H19N3O2. The number of amides is 1. The highest BCUT2D eigenvalue weighted by Gasteiger charge is 2.28. The second-order valence-corrected chi connectivity index (χ2v) is 5.43. The molecule has 106 valence electrons. The van der Waals surface area contributed by atoms with Gasteiger partial charge in [0, 0.05) is 24.1 Å². The number of carbonyl (C=O) groups is 1. The molecule has 0 bridgehead atoms. The molecule has 3 rings (SSSR count). The van der Waals surface area contributed by atoms with E-state index in [0.717, 1.165) is 41.9 Å². The number of nitrogens with zero attached hydrogens (tertiary/aromatic N) is 1. The van der Waals surface area contributed by atoms with E-state index in [0.29, 0.717) is 12.3 Å². The van der Waals surface area contributed by atoms with Crippen LogP contribution < -0.4 is 11.1 Å². The summed E-state index contributed by atoms with van der Waals surface area (Å²) in [5.74, 6) is 1.24. The number of rotatable bonds is 5. The zero-order valence-electron chi connectivity index (χ0n) is 11.6. The van der Waals surface area contributed by atoms with E-state index in [1.807, 2.05) is 25.1 Å². The lowest BCUT2D eigenvalue weighted by atomic mass is 10.1. The third-order valence-electron chi connectivity index (χ3n) is 3.59. The molecule has 2 aromatic rings. The second-order valence-electron chi connectivity index (χ2n) is 5.43. The first kappa shape index (κ1) is 13.1. The van der Waals surface area contributed by atoms with Gasteiger partial charge >= 0.3 is 0 Å². The first-order valence-corrected chi connectivity index (χ1v) is 7.11. The van der Waals surface area contributed by atoms with Gasteiger partial charge in [0.15, 0.2) is 11.5 Å². The normalized spacial score (nSPS) is 16.3. The summed E-state index contributed by atoms with van der Waals surface area (Å²) in [4.78, 5) is 16.3. The van der Waals surface area contributed by atoms with Crippen molar-refractivity contribution in [1.82, 2.24) is 4.98 Å². The number of fused-ring (bicyclic) bond motifs is 1. The van der Waals surface area contributed by atoms with Crippen molar-refractivity contribution in [2.24, 2.45) is 5.73 Å². The molecule has 1 saturated carbocycles. The van der Waals surface area contributed by atoms with Gasteiger partial charge in [-0.05, 0) is 37.5 Å². The van der Waals surface area contributed by atoms with Crippen LogP contribution in [-0.2, 0) is 4.79 Å². The molecule has 1 heterocycles. The van der Waals surface area contributed by atoms with E-state index >= 15 is 0 Å². The Labute approximate surface area is 117 Å². The van der Waals surface area contributed by atoms with Gasteiger partial charge in [-0.15, -0.1) is 0 Å². The van der Waals surface area contributed by atoms with Crippen molar-refractivity contribution in [2.45, 2.75) is 44.6 Å². The zero-order chi connectivity index (χ0) is 14.1. The highest BCUT2D eigenvalue weighted by atomic mass is 16.3. The maximum Gasteiger partial charge on any atom is 0.225 e. The summed E-state index contributed by atoms with van der Waals surface area (Å²) in [6.07, 6.45) is 3.44. The summed E-state index contributed by atoms with van der Waals surface area (Å²) < 4.78 is 5.69. The predicted molar refractivity (Wildman–Crippen MR) is 77.5 cm³/mol. The van der Waals surface area contributed by atoms with Crippen LogP contribution in [0.5, 0.6) is 0 Å². The Morgan fingerprint density at radius 2 is 2.35 bits per heavy atom. The Morgan fingerprint density at radius 3 is 3.05 bits per heavy atom. The fraction of sp³-hybridized carbons (Fsp3) is 0.467. The molecule has 1 aromatic heterocycles. The van der Waals surface area contributed by atoms with Gasteiger partial charge in [-0.1, -0.05) is 6.92 Å². The van der Waals surface area contributed by atoms with Gasteiger partial charge in [0.1, 0.15) is 5.52 Å². The van der Waals surface area contributed by atoms with Crippen molar-refractivity contribution >= 4 is 22.7 Å². The minimum Gasteiger partial charge on any atom is -0.440 e. The van der Waals surface area contributed by atoms with Crippen LogP contribution in [0.2, 0.25) is 0 Å². The van der Waals surface area contributed by atoms with Crippen molar-refractivity contribution < 1.29 is 9.21 Å². The van der Waals surface area contributed by atoms with Crippen molar-refractivity contribution in [1.29, 1.82) is 0 Å². The minimum atomic E-state index is -0.0905. The maximum atomic E-state index is 11.8. The topological polar surface area (TPSA) is 81.2 Å². The van der Waals surface area contributed by atoms with Crippen molar-refractivity contribution in [3.8, 4) is 0 Å². The first-order chi connectivity index (χ1) is 9.65. The van der Waals surface area contributed by atoms with Gasteiger partial charge in [-0.2, -0.15) is 0 Å². The number of hydrogen-bond acceptors (Lipinski definition) is 4. The van der Waals surface area contributed by atoms with E-state index in [9.17, 15) is 4.79 Å². The number of anilines is 1. The number of nitrogens with two attached hydrogens (primary N) is 1. The predicted octanol–water partition coefficient (Wildman–Crippen LogP) is 2.77. The highest BCUT2D eigenvalue weighted by molar-refractivity contribution is 5.93. The van der Waals surface area contributed by atoms with Crippen LogP contribution in [0, 0.1) is 0 Å². The molecular weight excluding hydrogens is 254 g/mol. The molecule has 1 aliphatic carbocycles. The minimum absolute atomic E-state index is 0.0652. The quantitative estimate of drug-likeness (QED) is 0.877. The zero-order valence-corrected chi connectivity index (χ0v) is 11.6. The molecule has 1 aliphatic rings. The van der Waals surface area contributed by atoms with Gasteiger partial charge < -0.3 is 15.5 Å². The third-order valence-corrected chi connectivity index (χ3v) is 3.59. The number of aromatic nitrogens is 1. The van der Waals surface area contributed by atoms with E-state index in [1.54, 1.807) is 0 Å². The summed E-state index contributed by atoms with van der Waals surface area (Å²) in [6.45, 7) is 1.97. The van der Waals surface area contributed by atoms with E-state index in [1.165, 1.54) is 0 Å². The molecule has 1 aromatic carbocycles. The molecule has 3 N–H and O–H groups in total. The van der Waals surface area contributed by atoms with Gasteiger partial charge in [-0.3, -0.25) is 4.79 Å². The highest BCUT2D eigenvalue weighted by Crippen LogP contribution is 2.40. The molecule has 5 nitrogen and oxygen atoms in total. The molecule has 1 fully saturated rings. The van der Waals surface area contributed by atoms with E-state index in [2.05, 4.69) is 10.3 Å². The number of oxazole rings is 1. The van der Waals surface area contributed by atoms with Gasteiger partial charge in [0.05, 0.1) is 0 Å². The summed E-state index contributed by atoms with van der Waals surface area (Å²) in [6, 6.07) is 5.44. The molecule has 1 atom stereocenters.